The number of phenols is 1. The van der Waals surface area contributed by atoms with E-state index in [0.29, 0.717) is 22.3 Å². The Labute approximate surface area is 194 Å². The monoisotopic (exact) mass is 465 g/mol. The Morgan fingerprint density at radius 2 is 1.94 bits per heavy atom. The molecule has 1 amide bonds. The van der Waals surface area contributed by atoms with Gasteiger partial charge in [0.05, 0.1) is 12.0 Å². The van der Waals surface area contributed by atoms with Gasteiger partial charge in [0.25, 0.3) is 5.91 Å². The van der Waals surface area contributed by atoms with Crippen LogP contribution < -0.4 is 5.43 Å². The number of hydrazone groups is 1. The molecule has 9 heteroatoms. The number of hydrogen-bond donors (Lipinski definition) is 2. The average molecular weight is 466 g/mol. The Morgan fingerprint density at radius 3 is 2.72 bits per heavy atom. The van der Waals surface area contributed by atoms with Crippen LogP contribution in [0.2, 0.25) is 5.02 Å². The summed E-state index contributed by atoms with van der Waals surface area (Å²) >= 11 is 7.24. The normalized spacial score (nSPS) is 11.3. The van der Waals surface area contributed by atoms with E-state index in [0.717, 1.165) is 22.2 Å². The number of aromatic nitrogens is 3. The predicted octanol–water partition coefficient (Wildman–Crippen LogP) is 4.72. The molecule has 0 radical (unpaired) electrons. The van der Waals surface area contributed by atoms with Gasteiger partial charge in [0.15, 0.2) is 11.0 Å². The Kier molecular flexibility index (Phi) is 6.72. The minimum Gasteiger partial charge on any atom is -0.507 e. The maximum absolute atomic E-state index is 12.3. The molecule has 1 heterocycles. The number of nitrogens with zero attached hydrogens (tertiary/aromatic N) is 4. The molecule has 7 nitrogen and oxygen atoms in total. The molecule has 32 heavy (non-hydrogen) atoms. The van der Waals surface area contributed by atoms with Gasteiger partial charge in [0, 0.05) is 22.7 Å². The molecule has 0 bridgehead atoms. The molecule has 4 rings (SSSR count). The molecule has 0 saturated heterocycles. The van der Waals surface area contributed by atoms with Gasteiger partial charge in [-0.2, -0.15) is 5.10 Å². The largest absolute Gasteiger partial charge is 0.507 e. The number of halogens is 1. The third kappa shape index (κ3) is 4.76. The molecular formula is C23H20ClN5O2S. The van der Waals surface area contributed by atoms with Gasteiger partial charge < -0.3 is 9.67 Å². The van der Waals surface area contributed by atoms with Crippen molar-refractivity contribution in [3.8, 4) is 17.1 Å². The SMILES string of the molecule is CCn1c(SCC(=O)NN=Cc2c(O)ccc3ccccc23)nnc1-c1ccc(Cl)cc1. The highest BCUT2D eigenvalue weighted by Crippen LogP contribution is 2.26. The summed E-state index contributed by atoms with van der Waals surface area (Å²) in [4.78, 5) is 12.3. The van der Waals surface area contributed by atoms with E-state index in [2.05, 4.69) is 20.7 Å². The lowest BCUT2D eigenvalue weighted by molar-refractivity contribution is -0.118. The van der Waals surface area contributed by atoms with Gasteiger partial charge in [0.1, 0.15) is 5.75 Å². The lowest BCUT2D eigenvalue weighted by Crippen LogP contribution is -2.20. The topological polar surface area (TPSA) is 92.4 Å². The van der Waals surface area contributed by atoms with Gasteiger partial charge in [-0.1, -0.05) is 53.7 Å². The standard InChI is InChI=1S/C23H20ClN5O2S/c1-2-29-22(16-7-10-17(24)11-8-16)27-28-23(29)32-14-21(31)26-25-13-19-18-6-4-3-5-15(18)9-12-20(19)30/h3-13,30H,2,14H2,1H3,(H,26,31). The second kappa shape index (κ2) is 9.84. The van der Waals surface area contributed by atoms with Crippen molar-refractivity contribution in [1.82, 2.24) is 20.2 Å². The van der Waals surface area contributed by atoms with Crippen LogP contribution in [0.15, 0.2) is 70.9 Å². The minimum atomic E-state index is -0.287. The first-order valence-electron chi connectivity index (χ1n) is 9.91. The zero-order valence-electron chi connectivity index (χ0n) is 17.2. The van der Waals surface area contributed by atoms with Gasteiger partial charge in [0.2, 0.25) is 0 Å². The van der Waals surface area contributed by atoms with Crippen LogP contribution in [0.25, 0.3) is 22.2 Å². The van der Waals surface area contributed by atoms with E-state index in [4.69, 9.17) is 11.6 Å². The summed E-state index contributed by atoms with van der Waals surface area (Å²) < 4.78 is 1.94. The van der Waals surface area contributed by atoms with Crippen LogP contribution in [0, 0.1) is 0 Å². The van der Waals surface area contributed by atoms with Crippen molar-refractivity contribution in [3.63, 3.8) is 0 Å². The molecule has 0 atom stereocenters. The number of carbonyl (C=O) groups is 1. The van der Waals surface area contributed by atoms with Gasteiger partial charge in [-0.3, -0.25) is 4.79 Å². The Hall–Kier alpha value is -3.36. The van der Waals surface area contributed by atoms with Crippen LogP contribution >= 0.6 is 23.4 Å². The summed E-state index contributed by atoms with van der Waals surface area (Å²) in [6.45, 7) is 2.65. The number of carbonyl (C=O) groups excluding carboxylic acids is 1. The second-order valence-electron chi connectivity index (χ2n) is 6.86. The van der Waals surface area contributed by atoms with Crippen LogP contribution in [0.4, 0.5) is 0 Å². The molecule has 0 aliphatic carbocycles. The molecule has 3 aromatic carbocycles. The molecule has 0 fully saturated rings. The van der Waals surface area contributed by atoms with Crippen LogP contribution in [0.1, 0.15) is 12.5 Å². The highest BCUT2D eigenvalue weighted by molar-refractivity contribution is 7.99. The molecule has 162 valence electrons. The van der Waals surface area contributed by atoms with E-state index in [9.17, 15) is 9.90 Å². The van der Waals surface area contributed by atoms with Gasteiger partial charge in [-0.25, -0.2) is 5.43 Å². The Morgan fingerprint density at radius 1 is 1.16 bits per heavy atom. The summed E-state index contributed by atoms with van der Waals surface area (Å²) in [5.74, 6) is 0.653. The van der Waals surface area contributed by atoms with E-state index < -0.39 is 0 Å². The number of aromatic hydroxyl groups is 1. The Balaban J connectivity index is 1.41. The highest BCUT2D eigenvalue weighted by Gasteiger charge is 2.14. The van der Waals surface area contributed by atoms with E-state index in [-0.39, 0.29) is 17.4 Å². The average Bonchev–Trinajstić information content (AvgIpc) is 3.22. The maximum Gasteiger partial charge on any atom is 0.250 e. The highest BCUT2D eigenvalue weighted by atomic mass is 35.5. The van der Waals surface area contributed by atoms with E-state index in [1.165, 1.54) is 18.0 Å². The fourth-order valence-corrected chi connectivity index (χ4v) is 4.16. The molecule has 0 aliphatic heterocycles. The van der Waals surface area contributed by atoms with Crippen LogP contribution in [0.5, 0.6) is 5.75 Å². The summed E-state index contributed by atoms with van der Waals surface area (Å²) in [7, 11) is 0. The molecule has 4 aromatic rings. The lowest BCUT2D eigenvalue weighted by atomic mass is 10.0. The third-order valence-corrected chi connectivity index (χ3v) is 6.02. The number of hydrogen-bond acceptors (Lipinski definition) is 6. The summed E-state index contributed by atoms with van der Waals surface area (Å²) in [5.41, 5.74) is 3.95. The Bertz CT molecular complexity index is 1290. The van der Waals surface area contributed by atoms with E-state index in [1.807, 2.05) is 54.0 Å². The van der Waals surface area contributed by atoms with Crippen molar-refractivity contribution in [3.05, 3.63) is 71.2 Å². The van der Waals surface area contributed by atoms with Crippen molar-refractivity contribution in [1.29, 1.82) is 0 Å². The summed E-state index contributed by atoms with van der Waals surface area (Å²) in [6, 6.07) is 18.5. The van der Waals surface area contributed by atoms with Gasteiger partial charge >= 0.3 is 0 Å². The first-order valence-corrected chi connectivity index (χ1v) is 11.3. The van der Waals surface area contributed by atoms with Crippen molar-refractivity contribution < 1.29 is 9.90 Å². The predicted molar refractivity (Wildman–Crippen MR) is 128 cm³/mol. The smallest absolute Gasteiger partial charge is 0.250 e. The summed E-state index contributed by atoms with van der Waals surface area (Å²) in [5, 5.41) is 25.8. The van der Waals surface area contributed by atoms with Crippen molar-refractivity contribution in [2.75, 3.05) is 5.75 Å². The number of fused-ring (bicyclic) bond motifs is 1. The molecule has 1 aromatic heterocycles. The van der Waals surface area contributed by atoms with Gasteiger partial charge in [-0.15, -0.1) is 10.2 Å². The molecule has 2 N–H and O–H groups in total. The molecule has 0 unspecified atom stereocenters. The number of benzene rings is 3. The van der Waals surface area contributed by atoms with E-state index >= 15 is 0 Å². The van der Waals surface area contributed by atoms with Crippen LogP contribution in [-0.2, 0) is 11.3 Å². The quantitative estimate of drug-likeness (QED) is 0.234. The fourth-order valence-electron chi connectivity index (χ4n) is 3.24. The van der Waals surface area contributed by atoms with E-state index in [1.54, 1.807) is 18.2 Å². The minimum absolute atomic E-state index is 0.0989. The molecule has 0 aliphatic rings. The number of rotatable bonds is 7. The molecular weight excluding hydrogens is 446 g/mol. The zero-order chi connectivity index (χ0) is 22.5. The van der Waals surface area contributed by atoms with Gasteiger partial charge in [-0.05, 0) is 48.0 Å². The number of amides is 1. The number of nitrogens with one attached hydrogen (secondary N) is 1. The fraction of sp³-hybridized carbons (Fsp3) is 0.130. The van der Waals surface area contributed by atoms with Crippen molar-refractivity contribution in [2.45, 2.75) is 18.6 Å². The van der Waals surface area contributed by atoms with Crippen molar-refractivity contribution >= 4 is 46.3 Å². The second-order valence-corrected chi connectivity index (χ2v) is 8.24. The lowest BCUT2D eigenvalue weighted by Gasteiger charge is -2.07. The van der Waals surface area contributed by atoms with Crippen LogP contribution in [-0.4, -0.2) is 37.7 Å². The summed E-state index contributed by atoms with van der Waals surface area (Å²) in [6.07, 6.45) is 1.45. The number of thioether (sulfide) groups is 1. The molecule has 0 spiro atoms. The third-order valence-electron chi connectivity index (χ3n) is 4.80. The maximum atomic E-state index is 12.3. The van der Waals surface area contributed by atoms with Crippen LogP contribution in [0.3, 0.4) is 0 Å². The first-order chi connectivity index (χ1) is 15.6. The first kappa shape index (κ1) is 21.9. The van der Waals surface area contributed by atoms with Crippen molar-refractivity contribution in [2.24, 2.45) is 5.10 Å². The zero-order valence-corrected chi connectivity index (χ0v) is 18.8. The number of phenolic OH excluding ortho intramolecular Hbond substituents is 1. The molecule has 0 saturated carbocycles.